The van der Waals surface area contributed by atoms with Gasteiger partial charge in [0.25, 0.3) is 0 Å². The van der Waals surface area contributed by atoms with Crippen molar-refractivity contribution in [2.75, 3.05) is 23.3 Å². The van der Waals surface area contributed by atoms with E-state index < -0.39 is 6.17 Å². The molecule has 4 rings (SSSR count). The highest BCUT2D eigenvalue weighted by Crippen LogP contribution is 2.27. The fraction of sp³-hybridized carbons (Fsp3) is 0.211. The molecule has 0 aromatic carbocycles. The summed E-state index contributed by atoms with van der Waals surface area (Å²) >= 11 is 0. The lowest BCUT2D eigenvalue weighted by atomic mass is 10.1. The van der Waals surface area contributed by atoms with Crippen molar-refractivity contribution >= 4 is 17.5 Å². The molecule has 1 atom stereocenters. The van der Waals surface area contributed by atoms with Crippen LogP contribution in [0.25, 0.3) is 11.3 Å². The second-order valence-corrected chi connectivity index (χ2v) is 6.17. The normalized spacial score (nSPS) is 16.1. The lowest BCUT2D eigenvalue weighted by Crippen LogP contribution is -2.22. The van der Waals surface area contributed by atoms with Crippen molar-refractivity contribution < 1.29 is 4.39 Å². The molecule has 134 valence electrons. The Kier molecular flexibility index (Phi) is 4.58. The van der Waals surface area contributed by atoms with Crippen molar-refractivity contribution in [1.82, 2.24) is 19.9 Å². The van der Waals surface area contributed by atoms with Gasteiger partial charge in [0.15, 0.2) is 0 Å². The number of pyridine rings is 2. The average molecular weight is 361 g/mol. The molecule has 0 unspecified atom stereocenters. The zero-order valence-corrected chi connectivity index (χ0v) is 14.4. The van der Waals surface area contributed by atoms with Crippen molar-refractivity contribution in [3.63, 3.8) is 0 Å². The van der Waals surface area contributed by atoms with Crippen LogP contribution in [0.15, 0.2) is 49.1 Å². The largest absolute Gasteiger partial charge is 0.352 e. The molecule has 1 saturated heterocycles. The Bertz CT molecular complexity index is 987. The molecule has 27 heavy (non-hydrogen) atoms. The van der Waals surface area contributed by atoms with Gasteiger partial charge < -0.3 is 10.2 Å². The summed E-state index contributed by atoms with van der Waals surface area (Å²) in [5.74, 6) is 0.937. The number of rotatable bonds is 4. The van der Waals surface area contributed by atoms with Crippen LogP contribution in [-0.4, -0.2) is 39.2 Å². The van der Waals surface area contributed by atoms with Gasteiger partial charge in [0, 0.05) is 30.7 Å². The average Bonchev–Trinajstić information content (AvgIpc) is 3.14. The maximum Gasteiger partial charge on any atom is 0.227 e. The Balaban J connectivity index is 1.62. The fourth-order valence-corrected chi connectivity index (χ4v) is 2.99. The number of aromatic nitrogens is 4. The van der Waals surface area contributed by atoms with E-state index in [1.807, 2.05) is 17.0 Å². The molecule has 7 nitrogen and oxygen atoms in total. The van der Waals surface area contributed by atoms with E-state index in [9.17, 15) is 9.65 Å². The van der Waals surface area contributed by atoms with Crippen LogP contribution in [0.2, 0.25) is 0 Å². The molecule has 3 aromatic heterocycles. The lowest BCUT2D eigenvalue weighted by molar-refractivity contribution is 0.364. The smallest absolute Gasteiger partial charge is 0.227 e. The highest BCUT2D eigenvalue weighted by atomic mass is 19.1. The summed E-state index contributed by atoms with van der Waals surface area (Å²) < 4.78 is 13.5. The van der Waals surface area contributed by atoms with Gasteiger partial charge in [-0.1, -0.05) is 0 Å². The molecule has 1 aliphatic rings. The molecule has 0 spiro atoms. The number of nitrogens with one attached hydrogen (secondary N) is 1. The fourth-order valence-electron chi connectivity index (χ4n) is 2.99. The number of alkyl halides is 1. The van der Waals surface area contributed by atoms with Crippen molar-refractivity contribution in [3.8, 4) is 17.3 Å². The second-order valence-electron chi connectivity index (χ2n) is 6.17. The lowest BCUT2D eigenvalue weighted by Gasteiger charge is -2.18. The SMILES string of the molecule is N#Cc1cc(-c2ccnc(Nc3cccnc3)n2)cnc1N1CC[C@H](F)C1. The molecule has 0 saturated carbocycles. The molecular formula is C19H16FN7. The summed E-state index contributed by atoms with van der Waals surface area (Å²) in [6.45, 7) is 0.836. The molecule has 0 aliphatic carbocycles. The third-order valence-corrected chi connectivity index (χ3v) is 4.29. The minimum absolute atomic E-state index is 0.272. The van der Waals surface area contributed by atoms with Crippen molar-refractivity contribution in [1.29, 1.82) is 5.26 Å². The van der Waals surface area contributed by atoms with E-state index >= 15 is 0 Å². The first-order chi connectivity index (χ1) is 13.2. The molecule has 0 radical (unpaired) electrons. The Morgan fingerprint density at radius 2 is 2.15 bits per heavy atom. The van der Waals surface area contributed by atoms with Gasteiger partial charge >= 0.3 is 0 Å². The minimum Gasteiger partial charge on any atom is -0.352 e. The van der Waals surface area contributed by atoms with Crippen LogP contribution in [0.4, 0.5) is 21.8 Å². The van der Waals surface area contributed by atoms with Crippen molar-refractivity contribution in [3.05, 3.63) is 54.6 Å². The number of hydrogen-bond donors (Lipinski definition) is 1. The van der Waals surface area contributed by atoms with Gasteiger partial charge in [0.1, 0.15) is 18.1 Å². The summed E-state index contributed by atoms with van der Waals surface area (Å²) in [6, 6.07) is 9.31. The quantitative estimate of drug-likeness (QED) is 0.763. The van der Waals surface area contributed by atoms with Crippen LogP contribution < -0.4 is 10.2 Å². The predicted molar refractivity (Wildman–Crippen MR) is 99.2 cm³/mol. The summed E-state index contributed by atoms with van der Waals surface area (Å²) in [5.41, 5.74) is 2.51. The molecule has 0 amide bonds. The van der Waals surface area contributed by atoms with Crippen LogP contribution in [0.5, 0.6) is 0 Å². The van der Waals surface area contributed by atoms with Crippen LogP contribution in [0.1, 0.15) is 12.0 Å². The summed E-state index contributed by atoms with van der Waals surface area (Å²) in [7, 11) is 0. The number of anilines is 3. The van der Waals surface area contributed by atoms with Gasteiger partial charge in [-0.2, -0.15) is 5.26 Å². The first-order valence-corrected chi connectivity index (χ1v) is 8.52. The number of nitrogens with zero attached hydrogens (tertiary/aromatic N) is 6. The summed E-state index contributed by atoms with van der Waals surface area (Å²) in [6.07, 6.45) is 6.23. The second kappa shape index (κ2) is 7.33. The van der Waals surface area contributed by atoms with Crippen LogP contribution in [0.3, 0.4) is 0 Å². The third kappa shape index (κ3) is 3.67. The number of halogens is 1. The molecule has 3 aromatic rings. The molecular weight excluding hydrogens is 345 g/mol. The molecule has 8 heteroatoms. The van der Waals surface area contributed by atoms with E-state index in [1.165, 1.54) is 0 Å². The Hall–Kier alpha value is -3.60. The number of hydrogen-bond acceptors (Lipinski definition) is 7. The number of nitriles is 1. The third-order valence-electron chi connectivity index (χ3n) is 4.29. The molecule has 0 bridgehead atoms. The van der Waals surface area contributed by atoms with E-state index in [0.29, 0.717) is 41.6 Å². The Labute approximate surface area is 155 Å². The van der Waals surface area contributed by atoms with E-state index in [-0.39, 0.29) is 6.54 Å². The van der Waals surface area contributed by atoms with E-state index in [4.69, 9.17) is 0 Å². The maximum absolute atomic E-state index is 13.5. The van der Waals surface area contributed by atoms with Crippen LogP contribution in [0, 0.1) is 11.3 Å². The summed E-state index contributed by atoms with van der Waals surface area (Å²) in [5, 5.41) is 12.6. The van der Waals surface area contributed by atoms with Gasteiger partial charge in [0.05, 0.1) is 29.7 Å². The standard InChI is InChI=1S/C19H16FN7/c20-15-4-7-27(12-15)18-13(9-21)8-14(10-24-18)17-3-6-23-19(26-17)25-16-2-1-5-22-11-16/h1-3,5-6,8,10-11,15H,4,7,12H2,(H,23,25,26)/t15-/m0/s1. The minimum atomic E-state index is -0.874. The summed E-state index contributed by atoms with van der Waals surface area (Å²) in [4.78, 5) is 18.9. The van der Waals surface area contributed by atoms with Crippen molar-refractivity contribution in [2.45, 2.75) is 12.6 Å². The van der Waals surface area contributed by atoms with E-state index in [0.717, 1.165) is 5.69 Å². The molecule has 4 heterocycles. The van der Waals surface area contributed by atoms with Crippen molar-refractivity contribution in [2.24, 2.45) is 0 Å². The molecule has 1 fully saturated rings. The highest BCUT2D eigenvalue weighted by Gasteiger charge is 2.25. The topological polar surface area (TPSA) is 90.6 Å². The molecule has 1 N–H and O–H groups in total. The van der Waals surface area contributed by atoms with Crippen LogP contribution >= 0.6 is 0 Å². The predicted octanol–water partition coefficient (Wildman–Crippen LogP) is 3.10. The van der Waals surface area contributed by atoms with Gasteiger partial charge in [-0.15, -0.1) is 0 Å². The first-order valence-electron chi connectivity index (χ1n) is 8.52. The monoisotopic (exact) mass is 361 g/mol. The zero-order valence-electron chi connectivity index (χ0n) is 14.4. The Morgan fingerprint density at radius 1 is 1.22 bits per heavy atom. The maximum atomic E-state index is 13.5. The zero-order chi connectivity index (χ0) is 18.6. The van der Waals surface area contributed by atoms with Gasteiger partial charge in [0.2, 0.25) is 5.95 Å². The first kappa shape index (κ1) is 16.8. The van der Waals surface area contributed by atoms with Gasteiger partial charge in [-0.3, -0.25) is 4.98 Å². The van der Waals surface area contributed by atoms with Gasteiger partial charge in [-0.05, 0) is 30.7 Å². The molecule has 1 aliphatic heterocycles. The highest BCUT2D eigenvalue weighted by molar-refractivity contribution is 5.67. The van der Waals surface area contributed by atoms with E-state index in [2.05, 4.69) is 31.3 Å². The van der Waals surface area contributed by atoms with E-state index in [1.54, 1.807) is 36.9 Å². The Morgan fingerprint density at radius 3 is 2.89 bits per heavy atom. The van der Waals surface area contributed by atoms with Gasteiger partial charge in [-0.25, -0.2) is 19.3 Å². The van der Waals surface area contributed by atoms with Crippen LogP contribution in [-0.2, 0) is 0 Å².